The van der Waals surface area contributed by atoms with Crippen molar-refractivity contribution in [3.05, 3.63) is 81.9 Å². The molecule has 3 aromatic rings. The van der Waals surface area contributed by atoms with E-state index in [-0.39, 0.29) is 18.1 Å². The molecule has 7 nitrogen and oxygen atoms in total. The minimum atomic E-state index is -0.634. The van der Waals surface area contributed by atoms with Gasteiger partial charge in [0.15, 0.2) is 0 Å². The highest BCUT2D eigenvalue weighted by molar-refractivity contribution is 5.94. The molecule has 0 unspecified atom stereocenters. The van der Waals surface area contributed by atoms with Gasteiger partial charge in [-0.15, -0.1) is 0 Å². The third-order valence-electron chi connectivity index (χ3n) is 4.38. The summed E-state index contributed by atoms with van der Waals surface area (Å²) in [5.74, 6) is -1.03. The SMILES string of the molecule is Cc1ccc([C@H](CC(=O)OC(C)C)NC(=O)c2cnc3ccccn3c2=O)cc1. The van der Waals surface area contributed by atoms with Gasteiger partial charge in [0.25, 0.3) is 11.5 Å². The van der Waals surface area contributed by atoms with Crippen molar-refractivity contribution in [3.8, 4) is 0 Å². The lowest BCUT2D eigenvalue weighted by Gasteiger charge is -2.19. The van der Waals surface area contributed by atoms with Gasteiger partial charge in [0.05, 0.1) is 18.6 Å². The Balaban J connectivity index is 1.89. The quantitative estimate of drug-likeness (QED) is 0.651. The second kappa shape index (κ2) is 8.68. The maximum Gasteiger partial charge on any atom is 0.308 e. The minimum absolute atomic E-state index is 0.0463. The smallest absolute Gasteiger partial charge is 0.308 e. The highest BCUT2D eigenvalue weighted by Crippen LogP contribution is 2.19. The van der Waals surface area contributed by atoms with Gasteiger partial charge < -0.3 is 10.1 Å². The predicted molar refractivity (Wildman–Crippen MR) is 109 cm³/mol. The van der Waals surface area contributed by atoms with Crippen LogP contribution in [0.15, 0.2) is 59.7 Å². The Bertz CT molecular complexity index is 1090. The largest absolute Gasteiger partial charge is 0.463 e. The first-order valence-electron chi connectivity index (χ1n) is 9.38. The standard InChI is InChI=1S/C22H23N3O4/c1-14(2)29-20(26)12-18(16-9-7-15(3)8-10-16)24-21(27)17-13-23-19-6-4-5-11-25(19)22(17)28/h4-11,13-14,18H,12H2,1-3H3,(H,24,27)/t18-/m0/s1. The summed E-state index contributed by atoms with van der Waals surface area (Å²) < 4.78 is 6.53. The molecule has 7 heteroatoms. The summed E-state index contributed by atoms with van der Waals surface area (Å²) in [6.07, 6.45) is 2.51. The van der Waals surface area contributed by atoms with Crippen molar-refractivity contribution in [2.45, 2.75) is 39.3 Å². The van der Waals surface area contributed by atoms with E-state index in [9.17, 15) is 14.4 Å². The highest BCUT2D eigenvalue weighted by atomic mass is 16.5. The van der Waals surface area contributed by atoms with Gasteiger partial charge in [-0.2, -0.15) is 0 Å². The Morgan fingerprint density at radius 1 is 1.14 bits per heavy atom. The van der Waals surface area contributed by atoms with Gasteiger partial charge in [-0.05, 0) is 38.5 Å². The molecule has 0 aliphatic carbocycles. The maximum absolute atomic E-state index is 12.8. The molecule has 0 spiro atoms. The van der Waals surface area contributed by atoms with E-state index in [1.807, 2.05) is 31.2 Å². The normalized spacial score (nSPS) is 12.0. The zero-order chi connectivity index (χ0) is 21.0. The number of benzene rings is 1. The number of carbonyl (C=O) groups is 2. The number of aromatic nitrogens is 2. The van der Waals surface area contributed by atoms with Crippen LogP contribution in [-0.4, -0.2) is 27.4 Å². The van der Waals surface area contributed by atoms with Crippen LogP contribution in [0.25, 0.3) is 5.65 Å². The Labute approximate surface area is 168 Å². The fourth-order valence-corrected chi connectivity index (χ4v) is 2.95. The van der Waals surface area contributed by atoms with Crippen LogP contribution < -0.4 is 10.9 Å². The van der Waals surface area contributed by atoms with Crippen LogP contribution in [0.3, 0.4) is 0 Å². The van der Waals surface area contributed by atoms with Crippen LogP contribution in [0.2, 0.25) is 0 Å². The molecule has 1 atom stereocenters. The molecule has 0 fully saturated rings. The second-order valence-corrected chi connectivity index (χ2v) is 7.09. The fraction of sp³-hybridized carbons (Fsp3) is 0.273. The molecule has 0 aliphatic heterocycles. The van der Waals surface area contributed by atoms with Crippen molar-refractivity contribution in [3.63, 3.8) is 0 Å². The Morgan fingerprint density at radius 3 is 2.55 bits per heavy atom. The number of pyridine rings is 1. The molecule has 0 bridgehead atoms. The Morgan fingerprint density at radius 2 is 1.86 bits per heavy atom. The second-order valence-electron chi connectivity index (χ2n) is 7.09. The fourth-order valence-electron chi connectivity index (χ4n) is 2.95. The van der Waals surface area contributed by atoms with Crippen LogP contribution in [0.4, 0.5) is 0 Å². The van der Waals surface area contributed by atoms with Gasteiger partial charge in [0, 0.05) is 12.4 Å². The molecule has 0 saturated carbocycles. The van der Waals surface area contributed by atoms with Gasteiger partial charge >= 0.3 is 5.97 Å². The van der Waals surface area contributed by atoms with Crippen LogP contribution in [0.1, 0.15) is 47.8 Å². The highest BCUT2D eigenvalue weighted by Gasteiger charge is 2.22. The van der Waals surface area contributed by atoms with E-state index in [4.69, 9.17) is 4.74 Å². The molecule has 3 rings (SSSR count). The number of carbonyl (C=O) groups excluding carboxylic acids is 2. The molecule has 1 aromatic carbocycles. The third kappa shape index (κ3) is 4.87. The molecular formula is C22H23N3O4. The average molecular weight is 393 g/mol. The number of hydrogen-bond acceptors (Lipinski definition) is 5. The van der Waals surface area contributed by atoms with E-state index in [1.165, 1.54) is 10.6 Å². The van der Waals surface area contributed by atoms with Crippen LogP contribution in [-0.2, 0) is 9.53 Å². The first kappa shape index (κ1) is 20.3. The number of ether oxygens (including phenoxy) is 1. The zero-order valence-electron chi connectivity index (χ0n) is 16.6. The molecule has 150 valence electrons. The summed E-state index contributed by atoms with van der Waals surface area (Å²) in [6, 6.07) is 12.0. The summed E-state index contributed by atoms with van der Waals surface area (Å²) in [6.45, 7) is 5.48. The first-order chi connectivity index (χ1) is 13.8. The van der Waals surface area contributed by atoms with Crippen LogP contribution >= 0.6 is 0 Å². The van der Waals surface area contributed by atoms with Crippen LogP contribution in [0.5, 0.6) is 0 Å². The molecule has 1 N–H and O–H groups in total. The van der Waals surface area contributed by atoms with E-state index in [1.54, 1.807) is 38.2 Å². The van der Waals surface area contributed by atoms with Crippen LogP contribution in [0, 0.1) is 6.92 Å². The number of fused-ring (bicyclic) bond motifs is 1. The molecule has 29 heavy (non-hydrogen) atoms. The van der Waals surface area contributed by atoms with E-state index < -0.39 is 23.5 Å². The predicted octanol–water partition coefficient (Wildman–Crippen LogP) is 2.82. The lowest BCUT2D eigenvalue weighted by molar-refractivity contribution is -0.147. The zero-order valence-corrected chi connectivity index (χ0v) is 16.6. The lowest BCUT2D eigenvalue weighted by atomic mass is 10.0. The molecule has 0 radical (unpaired) electrons. The van der Waals surface area contributed by atoms with Crippen molar-refractivity contribution in [2.24, 2.45) is 0 Å². The summed E-state index contributed by atoms with van der Waals surface area (Å²) in [5.41, 5.74) is 1.69. The topological polar surface area (TPSA) is 89.8 Å². The number of rotatable bonds is 6. The Hall–Kier alpha value is -3.48. The van der Waals surface area contributed by atoms with Gasteiger partial charge in [-0.3, -0.25) is 18.8 Å². The molecule has 0 aliphatic rings. The molecule has 2 heterocycles. The number of hydrogen-bond donors (Lipinski definition) is 1. The number of esters is 1. The van der Waals surface area contributed by atoms with Crippen molar-refractivity contribution in [1.82, 2.24) is 14.7 Å². The molecule has 0 saturated heterocycles. The third-order valence-corrected chi connectivity index (χ3v) is 4.38. The van der Waals surface area contributed by atoms with E-state index in [0.717, 1.165) is 11.1 Å². The van der Waals surface area contributed by atoms with E-state index >= 15 is 0 Å². The van der Waals surface area contributed by atoms with Gasteiger partial charge in [0.1, 0.15) is 11.2 Å². The van der Waals surface area contributed by atoms with Crippen molar-refractivity contribution < 1.29 is 14.3 Å². The number of amides is 1. The Kier molecular flexibility index (Phi) is 6.07. The molecule has 2 aromatic heterocycles. The minimum Gasteiger partial charge on any atom is -0.463 e. The molecule has 1 amide bonds. The van der Waals surface area contributed by atoms with E-state index in [2.05, 4.69) is 10.3 Å². The lowest BCUT2D eigenvalue weighted by Crippen LogP contribution is -2.35. The monoisotopic (exact) mass is 393 g/mol. The summed E-state index contributed by atoms with van der Waals surface area (Å²) in [5, 5.41) is 2.79. The first-order valence-corrected chi connectivity index (χ1v) is 9.38. The van der Waals surface area contributed by atoms with Gasteiger partial charge in [-0.1, -0.05) is 35.9 Å². The average Bonchev–Trinajstić information content (AvgIpc) is 2.68. The number of aryl methyl sites for hydroxylation is 1. The summed E-state index contributed by atoms with van der Waals surface area (Å²) >= 11 is 0. The summed E-state index contributed by atoms with van der Waals surface area (Å²) in [4.78, 5) is 41.9. The van der Waals surface area contributed by atoms with Gasteiger partial charge in [0.2, 0.25) is 0 Å². The number of nitrogens with one attached hydrogen (secondary N) is 1. The van der Waals surface area contributed by atoms with Crippen molar-refractivity contribution in [2.75, 3.05) is 0 Å². The summed E-state index contributed by atoms with van der Waals surface area (Å²) in [7, 11) is 0. The van der Waals surface area contributed by atoms with Crippen molar-refractivity contribution >= 4 is 17.5 Å². The molecular weight excluding hydrogens is 370 g/mol. The van der Waals surface area contributed by atoms with Gasteiger partial charge in [-0.25, -0.2) is 4.98 Å². The number of nitrogens with zero attached hydrogens (tertiary/aromatic N) is 2. The maximum atomic E-state index is 12.8. The van der Waals surface area contributed by atoms with Crippen molar-refractivity contribution in [1.29, 1.82) is 0 Å². The van der Waals surface area contributed by atoms with E-state index in [0.29, 0.717) is 5.65 Å².